The molecule has 1 fully saturated rings. The molecule has 1 aliphatic rings. The lowest BCUT2D eigenvalue weighted by atomic mass is 10.1. The van der Waals surface area contributed by atoms with E-state index in [2.05, 4.69) is 31.0 Å². The number of amides is 2. The van der Waals surface area contributed by atoms with Crippen molar-refractivity contribution in [1.82, 2.24) is 10.3 Å². The van der Waals surface area contributed by atoms with Crippen molar-refractivity contribution in [3.63, 3.8) is 0 Å². The van der Waals surface area contributed by atoms with E-state index in [1.54, 1.807) is 0 Å². The Morgan fingerprint density at radius 2 is 2.07 bits per heavy atom. The first-order valence-electron chi connectivity index (χ1n) is 7.85. The van der Waals surface area contributed by atoms with Crippen molar-refractivity contribution < 1.29 is 32.2 Å². The number of carbonyl (C=O) groups is 2. The lowest BCUT2D eigenvalue weighted by Gasteiger charge is -2.27. The topological polar surface area (TPSA) is 80.8 Å². The van der Waals surface area contributed by atoms with E-state index in [-0.39, 0.29) is 17.1 Å². The number of aromatic nitrogens is 1. The quantitative estimate of drug-likeness (QED) is 0.711. The number of hydrogen-bond acceptors (Lipinski definition) is 6. The van der Waals surface area contributed by atoms with Crippen LogP contribution in [0.25, 0.3) is 0 Å². The highest BCUT2D eigenvalue weighted by molar-refractivity contribution is 9.11. The Morgan fingerprint density at radius 3 is 2.61 bits per heavy atom. The molecule has 1 aliphatic heterocycles. The third-order valence-electron chi connectivity index (χ3n) is 3.86. The number of nitrogens with one attached hydrogen (secondary N) is 1. The summed E-state index contributed by atoms with van der Waals surface area (Å²) in [6, 6.07) is 2.52. The third kappa shape index (κ3) is 4.55. The fourth-order valence-electron chi connectivity index (χ4n) is 2.75. The number of rotatable bonds is 5. The average molecular weight is 480 g/mol. The number of halogens is 4. The predicted molar refractivity (Wildman–Crippen MR) is 97.7 cm³/mol. The molecule has 1 aromatic carbocycles. The van der Waals surface area contributed by atoms with E-state index >= 15 is 0 Å². The number of hydrogen-bond donors (Lipinski definition) is 1. The molecule has 0 unspecified atom stereocenters. The molecule has 0 radical (unpaired) electrons. The van der Waals surface area contributed by atoms with Gasteiger partial charge in [0.1, 0.15) is 23.2 Å². The Hall–Kier alpha value is -2.34. The zero-order valence-electron chi connectivity index (χ0n) is 14.2. The van der Waals surface area contributed by atoms with E-state index in [0.717, 1.165) is 17.0 Å². The standard InChI is InChI=1S/C16H13BrF3N3O4S/c1-26-9-4-8(5-10(6-9)27-16(18,19)20)23(12-2-3-21-13(12)24)14(25)11-7-28-15(17)22-11/h4-7,12H,2-3H2,1H3,(H,21,24)/t12-/m1/s1. The highest BCUT2D eigenvalue weighted by atomic mass is 79.9. The van der Waals surface area contributed by atoms with Crippen molar-refractivity contribution >= 4 is 44.8 Å². The van der Waals surface area contributed by atoms with E-state index in [1.807, 2.05) is 0 Å². The van der Waals surface area contributed by atoms with Crippen LogP contribution in [0.1, 0.15) is 16.9 Å². The van der Waals surface area contributed by atoms with Crippen LogP contribution in [0, 0.1) is 0 Å². The molecule has 7 nitrogen and oxygen atoms in total. The van der Waals surface area contributed by atoms with Crippen LogP contribution in [0.15, 0.2) is 27.5 Å². The number of nitrogens with zero attached hydrogens (tertiary/aromatic N) is 2. The lowest BCUT2D eigenvalue weighted by Crippen LogP contribution is -2.45. The normalized spacial score (nSPS) is 16.6. The highest BCUT2D eigenvalue weighted by Crippen LogP contribution is 2.34. The first-order chi connectivity index (χ1) is 13.2. The van der Waals surface area contributed by atoms with Gasteiger partial charge in [-0.25, -0.2) is 4.98 Å². The van der Waals surface area contributed by atoms with Gasteiger partial charge in [-0.05, 0) is 22.4 Å². The fraction of sp³-hybridized carbons (Fsp3) is 0.312. The molecule has 0 aliphatic carbocycles. The van der Waals surface area contributed by atoms with Gasteiger partial charge < -0.3 is 14.8 Å². The van der Waals surface area contributed by atoms with Gasteiger partial charge in [0.15, 0.2) is 3.92 Å². The van der Waals surface area contributed by atoms with Crippen LogP contribution in [0.4, 0.5) is 18.9 Å². The van der Waals surface area contributed by atoms with Gasteiger partial charge in [0, 0.05) is 30.1 Å². The molecule has 2 amide bonds. The molecular weight excluding hydrogens is 467 g/mol. The SMILES string of the molecule is COc1cc(OC(F)(F)F)cc(N(C(=O)c2csc(Br)n2)[C@@H]2CCNC2=O)c1. The summed E-state index contributed by atoms with van der Waals surface area (Å²) in [5.41, 5.74) is 0.0763. The highest BCUT2D eigenvalue weighted by Gasteiger charge is 2.37. The number of thiazole rings is 1. The maximum Gasteiger partial charge on any atom is 0.573 e. The van der Waals surface area contributed by atoms with Crippen LogP contribution in [0.2, 0.25) is 0 Å². The summed E-state index contributed by atoms with van der Waals surface area (Å²) in [6.45, 7) is 0.337. The summed E-state index contributed by atoms with van der Waals surface area (Å²) in [7, 11) is 1.27. The predicted octanol–water partition coefficient (Wildman–Crippen LogP) is 3.35. The largest absolute Gasteiger partial charge is 0.573 e. The second kappa shape index (κ2) is 7.95. The van der Waals surface area contributed by atoms with Gasteiger partial charge in [-0.2, -0.15) is 0 Å². The van der Waals surface area contributed by atoms with Crippen LogP contribution < -0.4 is 19.7 Å². The van der Waals surface area contributed by atoms with Gasteiger partial charge in [-0.1, -0.05) is 0 Å². The molecule has 0 saturated carbocycles. The molecule has 12 heteroatoms. The molecular formula is C16H13BrF3N3O4S. The maximum atomic E-state index is 13.1. The minimum atomic E-state index is -4.93. The Morgan fingerprint density at radius 1 is 1.36 bits per heavy atom. The van der Waals surface area contributed by atoms with Gasteiger partial charge in [0.2, 0.25) is 5.91 Å². The van der Waals surface area contributed by atoms with Crippen LogP contribution in [0.5, 0.6) is 11.5 Å². The summed E-state index contributed by atoms with van der Waals surface area (Å²) < 4.78 is 47.5. The van der Waals surface area contributed by atoms with Gasteiger partial charge >= 0.3 is 6.36 Å². The van der Waals surface area contributed by atoms with Crippen molar-refractivity contribution in [3.8, 4) is 11.5 Å². The van der Waals surface area contributed by atoms with Crippen molar-refractivity contribution in [2.24, 2.45) is 0 Å². The zero-order chi connectivity index (χ0) is 20.5. The molecule has 1 saturated heterocycles. The van der Waals surface area contributed by atoms with E-state index in [9.17, 15) is 22.8 Å². The monoisotopic (exact) mass is 479 g/mol. The van der Waals surface area contributed by atoms with Crippen molar-refractivity contribution in [3.05, 3.63) is 33.2 Å². The molecule has 2 heterocycles. The fourth-order valence-corrected chi connectivity index (χ4v) is 3.73. The molecule has 0 spiro atoms. The molecule has 1 aromatic heterocycles. The number of carbonyl (C=O) groups excluding carboxylic acids is 2. The lowest BCUT2D eigenvalue weighted by molar-refractivity contribution is -0.274. The van der Waals surface area contributed by atoms with E-state index < -0.39 is 30.0 Å². The van der Waals surface area contributed by atoms with Gasteiger partial charge in [-0.3, -0.25) is 14.5 Å². The van der Waals surface area contributed by atoms with Crippen molar-refractivity contribution in [1.29, 1.82) is 0 Å². The summed E-state index contributed by atoms with van der Waals surface area (Å²) >= 11 is 4.33. The van der Waals surface area contributed by atoms with Crippen LogP contribution in [0.3, 0.4) is 0 Å². The number of methoxy groups -OCH3 is 1. The third-order valence-corrected chi connectivity index (χ3v) is 5.22. The Bertz CT molecular complexity index is 905. The Kier molecular flexibility index (Phi) is 5.79. The maximum absolute atomic E-state index is 13.1. The minimum absolute atomic E-state index is 0.0229. The molecule has 1 N–H and O–H groups in total. The van der Waals surface area contributed by atoms with Gasteiger partial charge in [0.05, 0.1) is 12.8 Å². The molecule has 1 atom stereocenters. The second-order valence-corrected chi connectivity index (χ2v) is 7.81. The summed E-state index contributed by atoms with van der Waals surface area (Å²) in [5, 5.41) is 4.10. The smallest absolute Gasteiger partial charge is 0.497 e. The second-order valence-electron chi connectivity index (χ2n) is 5.67. The van der Waals surface area contributed by atoms with E-state index in [4.69, 9.17) is 4.74 Å². The first kappa shape index (κ1) is 20.4. The van der Waals surface area contributed by atoms with E-state index in [0.29, 0.717) is 16.9 Å². The molecule has 3 rings (SSSR count). The van der Waals surface area contributed by atoms with Gasteiger partial charge in [-0.15, -0.1) is 24.5 Å². The summed E-state index contributed by atoms with van der Waals surface area (Å²) in [6.07, 6.45) is -4.63. The average Bonchev–Trinajstić information content (AvgIpc) is 3.22. The molecule has 0 bridgehead atoms. The Labute approximate surface area is 169 Å². The van der Waals surface area contributed by atoms with Gasteiger partial charge in [0.25, 0.3) is 5.91 Å². The number of ether oxygens (including phenoxy) is 2. The zero-order valence-corrected chi connectivity index (χ0v) is 16.7. The van der Waals surface area contributed by atoms with Crippen LogP contribution >= 0.6 is 27.3 Å². The van der Waals surface area contributed by atoms with Crippen molar-refractivity contribution in [2.75, 3.05) is 18.6 Å². The number of alkyl halides is 3. The Balaban J connectivity index is 2.07. The summed E-state index contributed by atoms with van der Waals surface area (Å²) in [5.74, 6) is -1.58. The van der Waals surface area contributed by atoms with Crippen molar-refractivity contribution in [2.45, 2.75) is 18.8 Å². The first-order valence-corrected chi connectivity index (χ1v) is 9.52. The summed E-state index contributed by atoms with van der Waals surface area (Å²) in [4.78, 5) is 30.4. The molecule has 2 aromatic rings. The number of anilines is 1. The molecule has 28 heavy (non-hydrogen) atoms. The van der Waals surface area contributed by atoms with Crippen LogP contribution in [-0.4, -0.2) is 42.9 Å². The minimum Gasteiger partial charge on any atom is -0.497 e. The molecule has 150 valence electrons. The van der Waals surface area contributed by atoms with E-state index in [1.165, 1.54) is 29.9 Å². The van der Waals surface area contributed by atoms with Crippen LogP contribution in [-0.2, 0) is 4.79 Å². The number of benzene rings is 1.